The molecule has 0 unspecified atom stereocenters. The van der Waals surface area contributed by atoms with E-state index in [2.05, 4.69) is 16.9 Å². The van der Waals surface area contributed by atoms with Crippen LogP contribution < -0.4 is 0 Å². The van der Waals surface area contributed by atoms with Crippen molar-refractivity contribution in [1.29, 1.82) is 0 Å². The molecule has 0 aliphatic carbocycles. The van der Waals surface area contributed by atoms with Crippen LogP contribution in [0, 0.1) is 20.8 Å². The minimum atomic E-state index is -0.653. The van der Waals surface area contributed by atoms with Gasteiger partial charge in [0.25, 0.3) is 0 Å². The third-order valence-electron chi connectivity index (χ3n) is 5.72. The van der Waals surface area contributed by atoms with Crippen molar-refractivity contribution in [2.75, 3.05) is 0 Å². The van der Waals surface area contributed by atoms with Crippen molar-refractivity contribution < 1.29 is 15.0 Å². The second-order valence-corrected chi connectivity index (χ2v) is 8.68. The van der Waals surface area contributed by atoms with Crippen LogP contribution >= 0.6 is 0 Å². The molecular formula is C26H48N2O3. The van der Waals surface area contributed by atoms with Gasteiger partial charge >= 0.3 is 5.97 Å². The SMILES string of the molecule is CCCCCCCCCCCCCCCCCC(=O)O.Cc1nc(C)c(CO)nc1C. The summed E-state index contributed by atoms with van der Waals surface area (Å²) in [6.45, 7) is 7.90. The summed E-state index contributed by atoms with van der Waals surface area (Å²) < 4.78 is 0. The number of rotatable bonds is 17. The molecule has 1 aromatic rings. The van der Waals surface area contributed by atoms with E-state index in [1.165, 1.54) is 83.5 Å². The number of aromatic nitrogens is 2. The first kappa shape index (κ1) is 29.5. The van der Waals surface area contributed by atoms with Crippen molar-refractivity contribution in [2.24, 2.45) is 0 Å². The van der Waals surface area contributed by atoms with Gasteiger partial charge in [-0.15, -0.1) is 0 Å². The van der Waals surface area contributed by atoms with Gasteiger partial charge in [0.05, 0.1) is 29.4 Å². The average Bonchev–Trinajstić information content (AvgIpc) is 2.73. The van der Waals surface area contributed by atoms with Crippen LogP contribution in [0.15, 0.2) is 0 Å². The molecule has 0 bridgehead atoms. The van der Waals surface area contributed by atoms with Crippen LogP contribution in [0.2, 0.25) is 0 Å². The smallest absolute Gasteiger partial charge is 0.303 e. The molecule has 0 spiro atoms. The Morgan fingerprint density at radius 3 is 1.42 bits per heavy atom. The van der Waals surface area contributed by atoms with E-state index >= 15 is 0 Å². The zero-order valence-corrected chi connectivity index (χ0v) is 20.7. The van der Waals surface area contributed by atoms with Gasteiger partial charge in [-0.05, 0) is 27.2 Å². The van der Waals surface area contributed by atoms with Gasteiger partial charge in [0.15, 0.2) is 0 Å². The normalized spacial score (nSPS) is 10.6. The van der Waals surface area contributed by atoms with Crippen molar-refractivity contribution in [3.63, 3.8) is 0 Å². The van der Waals surface area contributed by atoms with Crippen LogP contribution in [0.4, 0.5) is 0 Å². The van der Waals surface area contributed by atoms with Crippen LogP contribution in [0.5, 0.6) is 0 Å². The highest BCUT2D eigenvalue weighted by molar-refractivity contribution is 5.66. The number of carboxylic acid groups (broad SMARTS) is 1. The lowest BCUT2D eigenvalue weighted by Crippen LogP contribution is -2.01. The highest BCUT2D eigenvalue weighted by atomic mass is 16.4. The van der Waals surface area contributed by atoms with E-state index in [9.17, 15) is 4.79 Å². The number of unbranched alkanes of at least 4 members (excludes halogenated alkanes) is 14. The van der Waals surface area contributed by atoms with Crippen molar-refractivity contribution in [3.05, 3.63) is 22.8 Å². The quantitative estimate of drug-likeness (QED) is 0.252. The Hall–Kier alpha value is -1.49. The summed E-state index contributed by atoms with van der Waals surface area (Å²) in [7, 11) is 0. The molecule has 0 saturated carbocycles. The Morgan fingerprint density at radius 1 is 0.645 bits per heavy atom. The van der Waals surface area contributed by atoms with Gasteiger partial charge in [0.1, 0.15) is 0 Å². The maximum absolute atomic E-state index is 10.3. The number of nitrogens with zero attached hydrogens (tertiary/aromatic N) is 2. The average molecular weight is 437 g/mol. The van der Waals surface area contributed by atoms with E-state index in [4.69, 9.17) is 10.2 Å². The van der Waals surface area contributed by atoms with Crippen LogP contribution in [0.1, 0.15) is 132 Å². The number of hydrogen-bond donors (Lipinski definition) is 2. The number of aliphatic carboxylic acids is 1. The van der Waals surface area contributed by atoms with Gasteiger partial charge in [0.2, 0.25) is 0 Å². The summed E-state index contributed by atoms with van der Waals surface area (Å²) in [5.41, 5.74) is 3.31. The number of carboxylic acids is 1. The van der Waals surface area contributed by atoms with E-state index in [-0.39, 0.29) is 6.61 Å². The van der Waals surface area contributed by atoms with E-state index in [0.29, 0.717) is 12.1 Å². The molecule has 1 rings (SSSR count). The molecular weight excluding hydrogens is 388 g/mol. The molecule has 0 aliphatic rings. The third kappa shape index (κ3) is 17.8. The van der Waals surface area contributed by atoms with Crippen molar-refractivity contribution in [1.82, 2.24) is 9.97 Å². The summed E-state index contributed by atoms with van der Waals surface area (Å²) in [6.07, 6.45) is 20.2. The summed E-state index contributed by atoms with van der Waals surface area (Å²) in [5, 5.41) is 17.3. The van der Waals surface area contributed by atoms with Crippen LogP contribution in [0.3, 0.4) is 0 Å². The molecule has 0 aliphatic heterocycles. The van der Waals surface area contributed by atoms with Crippen LogP contribution in [-0.4, -0.2) is 26.2 Å². The lowest BCUT2D eigenvalue weighted by atomic mass is 10.0. The zero-order valence-electron chi connectivity index (χ0n) is 20.7. The maximum Gasteiger partial charge on any atom is 0.303 e. The molecule has 5 nitrogen and oxygen atoms in total. The molecule has 5 heteroatoms. The highest BCUT2D eigenvalue weighted by Crippen LogP contribution is 2.13. The Balaban J connectivity index is 0.000000683. The minimum absolute atomic E-state index is 0.0278. The Morgan fingerprint density at radius 2 is 1.03 bits per heavy atom. The van der Waals surface area contributed by atoms with Gasteiger partial charge < -0.3 is 10.2 Å². The molecule has 0 fully saturated rings. The van der Waals surface area contributed by atoms with E-state index in [1.54, 1.807) is 0 Å². The predicted octanol–water partition coefficient (Wildman–Crippen LogP) is 7.23. The van der Waals surface area contributed by atoms with Crippen molar-refractivity contribution >= 4 is 5.97 Å². The highest BCUT2D eigenvalue weighted by Gasteiger charge is 2.02. The fraction of sp³-hybridized carbons (Fsp3) is 0.808. The topological polar surface area (TPSA) is 83.3 Å². The number of aryl methyl sites for hydroxylation is 3. The van der Waals surface area contributed by atoms with Gasteiger partial charge in [-0.25, -0.2) is 0 Å². The van der Waals surface area contributed by atoms with Gasteiger partial charge in [-0.1, -0.05) is 96.8 Å². The van der Waals surface area contributed by atoms with Gasteiger partial charge in [0, 0.05) is 6.42 Å². The molecule has 1 heterocycles. The van der Waals surface area contributed by atoms with Crippen LogP contribution in [-0.2, 0) is 11.4 Å². The Labute approximate surface area is 191 Å². The lowest BCUT2D eigenvalue weighted by Gasteiger charge is -2.04. The second-order valence-electron chi connectivity index (χ2n) is 8.68. The first-order valence-electron chi connectivity index (χ1n) is 12.6. The number of aliphatic hydroxyl groups is 1. The minimum Gasteiger partial charge on any atom is -0.481 e. The molecule has 0 atom stereocenters. The van der Waals surface area contributed by atoms with Crippen molar-refractivity contribution in [3.8, 4) is 0 Å². The first-order valence-corrected chi connectivity index (χ1v) is 12.6. The fourth-order valence-corrected chi connectivity index (χ4v) is 3.56. The standard InChI is InChI=1S/C18H36O2.C8H12N2O/c1-2-3-4-5-6-7-8-9-10-11-12-13-14-15-16-17-18(19)20;1-5-6(2)10-8(4-11)7(3)9-5/h2-17H2,1H3,(H,19,20);11H,4H2,1-3H3. The molecule has 1 aromatic heterocycles. The maximum atomic E-state index is 10.3. The van der Waals surface area contributed by atoms with E-state index in [0.717, 1.165) is 29.9 Å². The third-order valence-corrected chi connectivity index (χ3v) is 5.72. The molecule has 2 N–H and O–H groups in total. The summed E-state index contributed by atoms with van der Waals surface area (Å²) in [4.78, 5) is 18.7. The first-order chi connectivity index (χ1) is 14.9. The zero-order chi connectivity index (χ0) is 23.3. The van der Waals surface area contributed by atoms with E-state index < -0.39 is 5.97 Å². The van der Waals surface area contributed by atoms with E-state index in [1.807, 2.05) is 20.8 Å². The predicted molar refractivity (Wildman–Crippen MR) is 129 cm³/mol. The number of hydrogen-bond acceptors (Lipinski definition) is 4. The second kappa shape index (κ2) is 20.4. The number of aliphatic hydroxyl groups excluding tert-OH is 1. The molecule has 0 amide bonds. The molecule has 0 radical (unpaired) electrons. The van der Waals surface area contributed by atoms with Crippen molar-refractivity contribution in [2.45, 2.75) is 137 Å². The summed E-state index contributed by atoms with van der Waals surface area (Å²) >= 11 is 0. The van der Waals surface area contributed by atoms with Gasteiger partial charge in [-0.2, -0.15) is 0 Å². The Kier molecular flexibility index (Phi) is 19.4. The monoisotopic (exact) mass is 436 g/mol. The summed E-state index contributed by atoms with van der Waals surface area (Å²) in [5.74, 6) is -0.653. The lowest BCUT2D eigenvalue weighted by molar-refractivity contribution is -0.137. The molecule has 0 aromatic carbocycles. The Bertz CT molecular complexity index is 576. The number of carbonyl (C=O) groups is 1. The van der Waals surface area contributed by atoms with Gasteiger partial charge in [-0.3, -0.25) is 14.8 Å². The van der Waals surface area contributed by atoms with Crippen LogP contribution in [0.25, 0.3) is 0 Å². The molecule has 31 heavy (non-hydrogen) atoms. The molecule has 0 saturated heterocycles. The molecule has 180 valence electrons. The fourth-order valence-electron chi connectivity index (χ4n) is 3.56. The summed E-state index contributed by atoms with van der Waals surface area (Å²) in [6, 6.07) is 0. The largest absolute Gasteiger partial charge is 0.481 e.